The van der Waals surface area contributed by atoms with E-state index in [2.05, 4.69) is 48.6 Å². The van der Waals surface area contributed by atoms with Gasteiger partial charge >= 0.3 is 0 Å². The highest BCUT2D eigenvalue weighted by atomic mass is 16.7. The number of ether oxygens (including phenoxy) is 2. The third kappa shape index (κ3) is 3.11. The molecule has 0 unspecified atom stereocenters. The zero-order valence-corrected chi connectivity index (χ0v) is 11.8. The summed E-state index contributed by atoms with van der Waals surface area (Å²) < 4.78 is 10.7. The first-order chi connectivity index (χ1) is 9.81. The first kappa shape index (κ1) is 13.0. The summed E-state index contributed by atoms with van der Waals surface area (Å²) in [5.74, 6) is 1.73. The molecule has 3 heteroatoms. The fourth-order valence-electron chi connectivity index (χ4n) is 2.47. The number of hydrogen-bond acceptors (Lipinski definition) is 2. The second-order valence-corrected chi connectivity index (χ2v) is 5.21. The Morgan fingerprint density at radius 3 is 2.80 bits per heavy atom. The number of benzene rings is 2. The SMILES string of the molecule is Cc1cccc(C[NH2+]CCc2ccc3c(c2)OCO3)c1. The number of rotatable bonds is 5. The van der Waals surface area contributed by atoms with E-state index in [4.69, 9.17) is 9.47 Å². The maximum absolute atomic E-state index is 5.40. The molecule has 0 saturated heterocycles. The van der Waals surface area contributed by atoms with E-state index in [9.17, 15) is 0 Å². The van der Waals surface area contributed by atoms with E-state index >= 15 is 0 Å². The molecule has 0 saturated carbocycles. The van der Waals surface area contributed by atoms with Gasteiger partial charge in [-0.25, -0.2) is 0 Å². The van der Waals surface area contributed by atoms with Crippen LogP contribution in [0.4, 0.5) is 0 Å². The maximum atomic E-state index is 5.40. The van der Waals surface area contributed by atoms with Crippen LogP contribution in [-0.4, -0.2) is 13.3 Å². The first-order valence-corrected chi connectivity index (χ1v) is 7.07. The molecule has 0 fully saturated rings. The lowest BCUT2D eigenvalue weighted by molar-refractivity contribution is -0.670. The zero-order chi connectivity index (χ0) is 13.8. The number of nitrogens with two attached hydrogens (primary N) is 1. The molecule has 3 rings (SSSR count). The van der Waals surface area contributed by atoms with Crippen LogP contribution in [0.3, 0.4) is 0 Å². The molecule has 0 radical (unpaired) electrons. The fourth-order valence-corrected chi connectivity index (χ4v) is 2.47. The fraction of sp³-hybridized carbons (Fsp3) is 0.294. The van der Waals surface area contributed by atoms with Gasteiger partial charge in [0.1, 0.15) is 6.54 Å². The minimum atomic E-state index is 0.346. The van der Waals surface area contributed by atoms with Crippen LogP contribution in [-0.2, 0) is 13.0 Å². The largest absolute Gasteiger partial charge is 0.454 e. The summed E-state index contributed by atoms with van der Waals surface area (Å²) in [5.41, 5.74) is 4.01. The highest BCUT2D eigenvalue weighted by Crippen LogP contribution is 2.32. The number of aryl methyl sites for hydroxylation is 1. The van der Waals surface area contributed by atoms with Gasteiger partial charge in [-0.1, -0.05) is 35.9 Å². The topological polar surface area (TPSA) is 35.1 Å². The predicted octanol–water partition coefficient (Wildman–Crippen LogP) is 2.03. The summed E-state index contributed by atoms with van der Waals surface area (Å²) in [6, 6.07) is 14.9. The van der Waals surface area contributed by atoms with Crippen LogP contribution in [0.15, 0.2) is 42.5 Å². The molecule has 3 nitrogen and oxygen atoms in total. The molecule has 0 aliphatic carbocycles. The van der Waals surface area contributed by atoms with Crippen LogP contribution in [0, 0.1) is 6.92 Å². The van der Waals surface area contributed by atoms with Gasteiger partial charge in [-0.2, -0.15) is 0 Å². The van der Waals surface area contributed by atoms with E-state index in [0.29, 0.717) is 6.79 Å². The molecule has 0 bridgehead atoms. The highest BCUT2D eigenvalue weighted by Gasteiger charge is 2.13. The highest BCUT2D eigenvalue weighted by molar-refractivity contribution is 5.44. The van der Waals surface area contributed by atoms with Crippen LogP contribution >= 0.6 is 0 Å². The van der Waals surface area contributed by atoms with Crippen LogP contribution < -0.4 is 14.8 Å². The Hall–Kier alpha value is -2.00. The second kappa shape index (κ2) is 5.97. The molecule has 0 aromatic heterocycles. The average Bonchev–Trinajstić information content (AvgIpc) is 2.91. The number of hydrogen-bond donors (Lipinski definition) is 1. The average molecular weight is 270 g/mol. The molecule has 2 aromatic rings. The van der Waals surface area contributed by atoms with Crippen molar-refractivity contribution in [3.63, 3.8) is 0 Å². The third-order valence-corrected chi connectivity index (χ3v) is 3.54. The molecule has 2 N–H and O–H groups in total. The van der Waals surface area contributed by atoms with Gasteiger partial charge < -0.3 is 14.8 Å². The molecular weight excluding hydrogens is 250 g/mol. The van der Waals surface area contributed by atoms with Crippen LogP contribution in [0.2, 0.25) is 0 Å². The summed E-state index contributed by atoms with van der Waals surface area (Å²) >= 11 is 0. The van der Waals surface area contributed by atoms with Crippen molar-refractivity contribution in [3.05, 3.63) is 59.2 Å². The van der Waals surface area contributed by atoms with E-state index in [1.807, 2.05) is 6.07 Å². The van der Waals surface area contributed by atoms with Crippen molar-refractivity contribution in [3.8, 4) is 11.5 Å². The van der Waals surface area contributed by atoms with Crippen molar-refractivity contribution in [2.24, 2.45) is 0 Å². The third-order valence-electron chi connectivity index (χ3n) is 3.54. The monoisotopic (exact) mass is 270 g/mol. The summed E-state index contributed by atoms with van der Waals surface area (Å²) in [6.07, 6.45) is 1.04. The Bertz CT molecular complexity index is 595. The lowest BCUT2D eigenvalue weighted by atomic mass is 10.1. The molecule has 20 heavy (non-hydrogen) atoms. The number of fused-ring (bicyclic) bond motifs is 1. The van der Waals surface area contributed by atoms with Gasteiger partial charge in [0.05, 0.1) is 6.54 Å². The van der Waals surface area contributed by atoms with E-state index in [0.717, 1.165) is 31.0 Å². The summed E-state index contributed by atoms with van der Waals surface area (Å²) in [7, 11) is 0. The molecule has 2 aromatic carbocycles. The van der Waals surface area contributed by atoms with E-state index in [1.54, 1.807) is 0 Å². The molecule has 1 aliphatic heterocycles. The van der Waals surface area contributed by atoms with Crippen molar-refractivity contribution in [2.45, 2.75) is 19.9 Å². The van der Waals surface area contributed by atoms with E-state index in [1.165, 1.54) is 16.7 Å². The number of quaternary nitrogens is 1. The van der Waals surface area contributed by atoms with Crippen molar-refractivity contribution >= 4 is 0 Å². The minimum Gasteiger partial charge on any atom is -0.454 e. The van der Waals surface area contributed by atoms with Gasteiger partial charge in [-0.3, -0.25) is 0 Å². The molecular formula is C17H20NO2+. The smallest absolute Gasteiger partial charge is 0.231 e. The predicted molar refractivity (Wildman–Crippen MR) is 77.9 cm³/mol. The van der Waals surface area contributed by atoms with Gasteiger partial charge in [-0.05, 0) is 24.6 Å². The van der Waals surface area contributed by atoms with Gasteiger partial charge in [0.2, 0.25) is 6.79 Å². The Morgan fingerprint density at radius 2 is 1.90 bits per heavy atom. The zero-order valence-electron chi connectivity index (χ0n) is 11.8. The van der Waals surface area contributed by atoms with Crippen LogP contribution in [0.5, 0.6) is 11.5 Å². The normalized spacial score (nSPS) is 12.7. The molecule has 1 aliphatic rings. The van der Waals surface area contributed by atoms with Crippen molar-refractivity contribution in [1.82, 2.24) is 0 Å². The van der Waals surface area contributed by atoms with E-state index in [-0.39, 0.29) is 0 Å². The van der Waals surface area contributed by atoms with Crippen LogP contribution in [0.1, 0.15) is 16.7 Å². The molecule has 0 atom stereocenters. The van der Waals surface area contributed by atoms with Crippen molar-refractivity contribution in [1.29, 1.82) is 0 Å². The Morgan fingerprint density at radius 1 is 1.00 bits per heavy atom. The van der Waals surface area contributed by atoms with Crippen molar-refractivity contribution in [2.75, 3.05) is 13.3 Å². The summed E-state index contributed by atoms with van der Waals surface area (Å²) in [6.45, 7) is 4.59. The summed E-state index contributed by atoms with van der Waals surface area (Å²) in [5, 5.41) is 2.35. The summed E-state index contributed by atoms with van der Waals surface area (Å²) in [4.78, 5) is 0. The Balaban J connectivity index is 1.48. The molecule has 1 heterocycles. The lowest BCUT2D eigenvalue weighted by Gasteiger charge is -2.04. The molecule has 104 valence electrons. The quantitative estimate of drug-likeness (QED) is 0.844. The van der Waals surface area contributed by atoms with Crippen LogP contribution in [0.25, 0.3) is 0 Å². The maximum Gasteiger partial charge on any atom is 0.231 e. The van der Waals surface area contributed by atoms with Gasteiger partial charge in [-0.15, -0.1) is 0 Å². The molecule has 0 spiro atoms. The van der Waals surface area contributed by atoms with Gasteiger partial charge in [0.25, 0.3) is 0 Å². The second-order valence-electron chi connectivity index (χ2n) is 5.21. The Kier molecular flexibility index (Phi) is 3.88. The first-order valence-electron chi connectivity index (χ1n) is 7.07. The van der Waals surface area contributed by atoms with Gasteiger partial charge in [0, 0.05) is 12.0 Å². The van der Waals surface area contributed by atoms with Crippen molar-refractivity contribution < 1.29 is 14.8 Å². The Labute approximate surface area is 119 Å². The van der Waals surface area contributed by atoms with Gasteiger partial charge in [0.15, 0.2) is 11.5 Å². The van der Waals surface area contributed by atoms with E-state index < -0.39 is 0 Å². The standard InChI is InChI=1S/C17H19NO2/c1-13-3-2-4-15(9-13)11-18-8-7-14-5-6-16-17(10-14)20-12-19-16/h2-6,9-10,18H,7-8,11-12H2,1H3/p+1. The lowest BCUT2D eigenvalue weighted by Crippen LogP contribution is -2.83. The molecule has 0 amide bonds. The minimum absolute atomic E-state index is 0.346.